The Morgan fingerprint density at radius 1 is 1.47 bits per heavy atom. The average Bonchev–Trinajstić information content (AvgIpc) is 2.35. The minimum Gasteiger partial charge on any atom is -0.394 e. The lowest BCUT2D eigenvalue weighted by Gasteiger charge is -2.41. The molecule has 0 aromatic carbocycles. The number of aliphatic hydroxyl groups excluding tert-OH is 1. The molecule has 114 valence electrons. The van der Waals surface area contributed by atoms with Gasteiger partial charge in [-0.05, 0) is 45.6 Å². The van der Waals surface area contributed by atoms with E-state index in [9.17, 15) is 18.3 Å². The third kappa shape index (κ3) is 4.93. The Hall–Kier alpha value is -0.330. The van der Waals surface area contributed by atoms with E-state index in [0.29, 0.717) is 12.8 Å². The fourth-order valence-corrected chi connectivity index (χ4v) is 2.54. The van der Waals surface area contributed by atoms with Crippen LogP contribution >= 0.6 is 0 Å². The summed E-state index contributed by atoms with van der Waals surface area (Å²) in [7, 11) is 0. The molecule has 0 heterocycles. The van der Waals surface area contributed by atoms with Crippen molar-refractivity contribution in [2.45, 2.75) is 69.9 Å². The number of aliphatic hydroxyl groups is 1. The van der Waals surface area contributed by atoms with Gasteiger partial charge in [0, 0.05) is 5.54 Å². The highest BCUT2D eigenvalue weighted by atomic mass is 19.4. The zero-order valence-electron chi connectivity index (χ0n) is 11.6. The second kappa shape index (κ2) is 6.90. The Morgan fingerprint density at radius 2 is 2.16 bits per heavy atom. The van der Waals surface area contributed by atoms with Crippen molar-refractivity contribution in [2.24, 2.45) is 0 Å². The number of hydrogen-bond acceptors (Lipinski definition) is 3. The van der Waals surface area contributed by atoms with Gasteiger partial charge in [0.1, 0.15) is 0 Å². The van der Waals surface area contributed by atoms with E-state index in [-0.39, 0.29) is 6.61 Å². The molecule has 0 spiro atoms. The molecule has 0 amide bonds. The van der Waals surface area contributed by atoms with E-state index in [1.54, 1.807) is 0 Å². The molecule has 2 N–H and O–H groups in total. The Morgan fingerprint density at radius 3 is 2.68 bits per heavy atom. The highest BCUT2D eigenvalue weighted by Gasteiger charge is 2.42. The molecule has 3 nitrogen and oxygen atoms in total. The third-order valence-electron chi connectivity index (χ3n) is 3.71. The number of halogens is 3. The SMILES string of the molecule is CCCNC1(CO)CCCC(OC(C)C(F)(F)F)C1. The molecule has 1 rings (SSSR count). The number of alkyl halides is 3. The first-order valence-corrected chi connectivity index (χ1v) is 6.91. The van der Waals surface area contributed by atoms with Crippen LogP contribution in [0.25, 0.3) is 0 Å². The first-order chi connectivity index (χ1) is 8.83. The van der Waals surface area contributed by atoms with Crippen molar-refractivity contribution in [3.05, 3.63) is 0 Å². The van der Waals surface area contributed by atoms with Gasteiger partial charge in [-0.3, -0.25) is 0 Å². The lowest BCUT2D eigenvalue weighted by atomic mass is 9.80. The van der Waals surface area contributed by atoms with Crippen LogP contribution in [0.4, 0.5) is 13.2 Å². The molecule has 3 atom stereocenters. The zero-order chi connectivity index (χ0) is 14.5. The summed E-state index contributed by atoms with van der Waals surface area (Å²) in [4.78, 5) is 0. The van der Waals surface area contributed by atoms with Gasteiger partial charge in [-0.2, -0.15) is 13.2 Å². The predicted octanol–water partition coefficient (Wildman–Crippen LogP) is 2.63. The third-order valence-corrected chi connectivity index (χ3v) is 3.71. The summed E-state index contributed by atoms with van der Waals surface area (Å²) in [6.07, 6.45) is -2.99. The Balaban J connectivity index is 2.57. The van der Waals surface area contributed by atoms with Gasteiger partial charge in [0.2, 0.25) is 0 Å². The number of nitrogens with one attached hydrogen (secondary N) is 1. The van der Waals surface area contributed by atoms with E-state index in [4.69, 9.17) is 4.74 Å². The number of hydrogen-bond donors (Lipinski definition) is 2. The van der Waals surface area contributed by atoms with Crippen LogP contribution in [0.2, 0.25) is 0 Å². The van der Waals surface area contributed by atoms with E-state index in [1.807, 2.05) is 6.92 Å². The molecule has 6 heteroatoms. The van der Waals surface area contributed by atoms with Crippen LogP contribution in [0.15, 0.2) is 0 Å². The summed E-state index contributed by atoms with van der Waals surface area (Å²) in [6, 6.07) is 0. The Kier molecular flexibility index (Phi) is 6.08. The summed E-state index contributed by atoms with van der Waals surface area (Å²) < 4.78 is 42.6. The molecule has 19 heavy (non-hydrogen) atoms. The summed E-state index contributed by atoms with van der Waals surface area (Å²) in [5.74, 6) is 0. The van der Waals surface area contributed by atoms with Crippen LogP contribution in [-0.4, -0.2) is 42.2 Å². The minimum absolute atomic E-state index is 0.0622. The quantitative estimate of drug-likeness (QED) is 0.787. The number of ether oxygens (including phenoxy) is 1. The van der Waals surface area contributed by atoms with Gasteiger partial charge < -0.3 is 15.2 Å². The first kappa shape index (κ1) is 16.7. The summed E-state index contributed by atoms with van der Waals surface area (Å²) in [6.45, 7) is 3.74. The lowest BCUT2D eigenvalue weighted by molar-refractivity contribution is -0.231. The predicted molar refractivity (Wildman–Crippen MR) is 67.0 cm³/mol. The largest absolute Gasteiger partial charge is 0.414 e. The molecule has 0 saturated heterocycles. The Labute approximate surface area is 112 Å². The normalized spacial score (nSPS) is 30.3. The van der Waals surface area contributed by atoms with Crippen molar-refractivity contribution < 1.29 is 23.0 Å². The topological polar surface area (TPSA) is 41.5 Å². The second-order valence-electron chi connectivity index (χ2n) is 5.40. The lowest BCUT2D eigenvalue weighted by Crippen LogP contribution is -2.54. The second-order valence-corrected chi connectivity index (χ2v) is 5.40. The average molecular weight is 283 g/mol. The minimum atomic E-state index is -4.32. The molecule has 3 unspecified atom stereocenters. The molecular formula is C13H24F3NO2. The molecule has 1 aliphatic carbocycles. The van der Waals surface area contributed by atoms with Crippen molar-refractivity contribution in [2.75, 3.05) is 13.2 Å². The highest BCUT2D eigenvalue weighted by Crippen LogP contribution is 2.33. The van der Waals surface area contributed by atoms with E-state index in [1.165, 1.54) is 0 Å². The van der Waals surface area contributed by atoms with Crippen molar-refractivity contribution >= 4 is 0 Å². The molecule has 0 bridgehead atoms. The van der Waals surface area contributed by atoms with E-state index >= 15 is 0 Å². The molecule has 0 aliphatic heterocycles. The van der Waals surface area contributed by atoms with E-state index in [2.05, 4.69) is 5.32 Å². The van der Waals surface area contributed by atoms with Gasteiger partial charge >= 0.3 is 6.18 Å². The van der Waals surface area contributed by atoms with Gasteiger partial charge in [-0.15, -0.1) is 0 Å². The fourth-order valence-electron chi connectivity index (χ4n) is 2.54. The zero-order valence-corrected chi connectivity index (χ0v) is 11.6. The molecular weight excluding hydrogens is 259 g/mol. The molecule has 1 aliphatic rings. The van der Waals surface area contributed by atoms with E-state index in [0.717, 1.165) is 32.7 Å². The highest BCUT2D eigenvalue weighted by molar-refractivity contribution is 4.94. The van der Waals surface area contributed by atoms with Gasteiger partial charge in [0.25, 0.3) is 0 Å². The smallest absolute Gasteiger partial charge is 0.394 e. The van der Waals surface area contributed by atoms with Crippen LogP contribution in [0.5, 0.6) is 0 Å². The van der Waals surface area contributed by atoms with Gasteiger partial charge in [-0.25, -0.2) is 0 Å². The van der Waals surface area contributed by atoms with Gasteiger partial charge in [0.05, 0.1) is 12.7 Å². The standard InChI is InChI=1S/C13H24F3NO2/c1-3-7-17-12(9-18)6-4-5-11(8-12)19-10(2)13(14,15)16/h10-11,17-18H,3-9H2,1-2H3. The van der Waals surface area contributed by atoms with Crippen LogP contribution < -0.4 is 5.32 Å². The molecule has 0 aromatic rings. The molecule has 1 saturated carbocycles. The van der Waals surface area contributed by atoms with Crippen molar-refractivity contribution in [3.8, 4) is 0 Å². The van der Waals surface area contributed by atoms with Crippen molar-refractivity contribution in [1.29, 1.82) is 0 Å². The molecule has 0 radical (unpaired) electrons. The Bertz CT molecular complexity index is 273. The van der Waals surface area contributed by atoms with Crippen LogP contribution in [0, 0.1) is 0 Å². The van der Waals surface area contributed by atoms with Crippen LogP contribution in [0.1, 0.15) is 46.0 Å². The van der Waals surface area contributed by atoms with Gasteiger partial charge in [-0.1, -0.05) is 6.92 Å². The maximum absolute atomic E-state index is 12.5. The monoisotopic (exact) mass is 283 g/mol. The molecule has 0 aromatic heterocycles. The maximum atomic E-state index is 12.5. The summed E-state index contributed by atoms with van der Waals surface area (Å²) >= 11 is 0. The maximum Gasteiger partial charge on any atom is 0.414 e. The van der Waals surface area contributed by atoms with Crippen LogP contribution in [0.3, 0.4) is 0 Å². The summed E-state index contributed by atoms with van der Waals surface area (Å²) in [5, 5.41) is 12.8. The van der Waals surface area contributed by atoms with E-state index < -0.39 is 23.9 Å². The van der Waals surface area contributed by atoms with Crippen molar-refractivity contribution in [3.63, 3.8) is 0 Å². The first-order valence-electron chi connectivity index (χ1n) is 6.91. The fraction of sp³-hybridized carbons (Fsp3) is 1.00. The van der Waals surface area contributed by atoms with Crippen molar-refractivity contribution in [1.82, 2.24) is 5.32 Å². The number of rotatable bonds is 6. The molecule has 1 fully saturated rings. The van der Waals surface area contributed by atoms with Crippen LogP contribution in [-0.2, 0) is 4.74 Å². The summed E-state index contributed by atoms with van der Waals surface area (Å²) in [5.41, 5.74) is -0.482. The van der Waals surface area contributed by atoms with Gasteiger partial charge in [0.15, 0.2) is 6.10 Å².